The van der Waals surface area contributed by atoms with Crippen LogP contribution < -0.4 is 10.4 Å². The standard InChI is InChI=1S/C15H14O4/c1-9(2)6-12(16)11-7-10-4-5-15(17)19-13(10)8-14(11)18-3/h4-8H,1-3H3. The molecule has 0 fully saturated rings. The predicted octanol–water partition coefficient (Wildman–Crippen LogP) is 2.95. The van der Waals surface area contributed by atoms with Crippen molar-refractivity contribution in [3.05, 3.63) is 51.9 Å². The largest absolute Gasteiger partial charge is 0.496 e. The maximum absolute atomic E-state index is 12.1. The molecule has 0 aliphatic carbocycles. The van der Waals surface area contributed by atoms with Crippen molar-refractivity contribution in [2.75, 3.05) is 7.11 Å². The van der Waals surface area contributed by atoms with Gasteiger partial charge in [-0.1, -0.05) is 5.57 Å². The number of hydrogen-bond donors (Lipinski definition) is 0. The first-order valence-electron chi connectivity index (χ1n) is 5.82. The highest BCUT2D eigenvalue weighted by Crippen LogP contribution is 2.26. The first kappa shape index (κ1) is 13.1. The zero-order valence-corrected chi connectivity index (χ0v) is 11.0. The van der Waals surface area contributed by atoms with Crippen LogP contribution in [0.25, 0.3) is 11.0 Å². The van der Waals surface area contributed by atoms with Gasteiger partial charge in [-0.05, 0) is 32.1 Å². The zero-order chi connectivity index (χ0) is 14.0. The molecule has 4 heteroatoms. The quantitative estimate of drug-likeness (QED) is 0.482. The van der Waals surface area contributed by atoms with Crippen LogP contribution in [-0.2, 0) is 0 Å². The van der Waals surface area contributed by atoms with Gasteiger partial charge in [-0.2, -0.15) is 0 Å². The van der Waals surface area contributed by atoms with Crippen LogP contribution in [0.3, 0.4) is 0 Å². The second-order valence-corrected chi connectivity index (χ2v) is 4.43. The molecule has 0 saturated carbocycles. The lowest BCUT2D eigenvalue weighted by atomic mass is 10.0. The molecule has 1 heterocycles. The van der Waals surface area contributed by atoms with E-state index >= 15 is 0 Å². The number of rotatable bonds is 3. The van der Waals surface area contributed by atoms with E-state index in [1.165, 1.54) is 13.2 Å². The van der Waals surface area contributed by atoms with Crippen molar-refractivity contribution >= 4 is 16.8 Å². The van der Waals surface area contributed by atoms with Crippen LogP contribution in [-0.4, -0.2) is 12.9 Å². The topological polar surface area (TPSA) is 56.5 Å². The SMILES string of the molecule is COc1cc2oc(=O)ccc2cc1C(=O)C=C(C)C. The summed E-state index contributed by atoms with van der Waals surface area (Å²) in [6.45, 7) is 3.70. The minimum atomic E-state index is -0.432. The Morgan fingerprint density at radius 1 is 1.26 bits per heavy atom. The van der Waals surface area contributed by atoms with E-state index in [9.17, 15) is 9.59 Å². The Kier molecular flexibility index (Phi) is 3.51. The van der Waals surface area contributed by atoms with Crippen molar-refractivity contribution in [1.82, 2.24) is 0 Å². The van der Waals surface area contributed by atoms with Crippen molar-refractivity contribution in [3.63, 3.8) is 0 Å². The molecular formula is C15H14O4. The maximum atomic E-state index is 12.1. The third-order valence-electron chi connectivity index (χ3n) is 2.63. The third-order valence-corrected chi connectivity index (χ3v) is 2.63. The van der Waals surface area contributed by atoms with Gasteiger partial charge in [0.05, 0.1) is 12.7 Å². The van der Waals surface area contributed by atoms with Crippen molar-refractivity contribution in [1.29, 1.82) is 0 Å². The van der Waals surface area contributed by atoms with Crippen LogP contribution in [0.5, 0.6) is 5.75 Å². The van der Waals surface area contributed by atoms with E-state index in [4.69, 9.17) is 9.15 Å². The third kappa shape index (κ3) is 2.73. The Morgan fingerprint density at radius 2 is 2.00 bits per heavy atom. The van der Waals surface area contributed by atoms with Gasteiger partial charge in [0, 0.05) is 17.5 Å². The maximum Gasteiger partial charge on any atom is 0.336 e. The van der Waals surface area contributed by atoms with Gasteiger partial charge in [0.25, 0.3) is 0 Å². The highest BCUT2D eigenvalue weighted by atomic mass is 16.5. The molecule has 0 atom stereocenters. The van der Waals surface area contributed by atoms with Gasteiger partial charge in [-0.15, -0.1) is 0 Å². The van der Waals surface area contributed by atoms with Crippen molar-refractivity contribution in [2.45, 2.75) is 13.8 Å². The number of allylic oxidation sites excluding steroid dienone is 2. The van der Waals surface area contributed by atoms with E-state index < -0.39 is 5.63 Å². The molecule has 19 heavy (non-hydrogen) atoms. The lowest BCUT2D eigenvalue weighted by Crippen LogP contribution is -2.01. The molecule has 0 aliphatic rings. The Balaban J connectivity index is 2.67. The van der Waals surface area contributed by atoms with Crippen LogP contribution in [0.4, 0.5) is 0 Å². The minimum absolute atomic E-state index is 0.134. The van der Waals surface area contributed by atoms with E-state index in [0.717, 1.165) is 5.57 Å². The number of methoxy groups -OCH3 is 1. The molecule has 0 saturated heterocycles. The number of ketones is 1. The molecule has 1 aromatic heterocycles. The average molecular weight is 258 g/mol. The summed E-state index contributed by atoms with van der Waals surface area (Å²) in [6, 6.07) is 6.17. The first-order valence-corrected chi connectivity index (χ1v) is 5.82. The lowest BCUT2D eigenvalue weighted by Gasteiger charge is -2.07. The number of carbonyl (C=O) groups is 1. The Labute approximate surface area is 110 Å². The van der Waals surface area contributed by atoms with Gasteiger partial charge in [0.1, 0.15) is 11.3 Å². The fraction of sp³-hybridized carbons (Fsp3) is 0.200. The summed E-state index contributed by atoms with van der Waals surface area (Å²) < 4.78 is 10.2. The van der Waals surface area contributed by atoms with Gasteiger partial charge in [0.15, 0.2) is 5.78 Å². The van der Waals surface area contributed by atoms with E-state index in [-0.39, 0.29) is 5.78 Å². The number of fused-ring (bicyclic) bond motifs is 1. The van der Waals surface area contributed by atoms with Crippen molar-refractivity contribution in [2.24, 2.45) is 0 Å². The number of carbonyl (C=O) groups excluding carboxylic acids is 1. The summed E-state index contributed by atoms with van der Waals surface area (Å²) in [5.41, 5.74) is 1.33. The molecule has 0 aliphatic heterocycles. The fourth-order valence-corrected chi connectivity index (χ4v) is 1.80. The molecule has 98 valence electrons. The smallest absolute Gasteiger partial charge is 0.336 e. The van der Waals surface area contributed by atoms with E-state index in [2.05, 4.69) is 0 Å². The summed E-state index contributed by atoms with van der Waals surface area (Å²) in [7, 11) is 1.47. The molecule has 0 radical (unpaired) electrons. The van der Waals surface area contributed by atoms with Gasteiger partial charge >= 0.3 is 5.63 Å². The van der Waals surface area contributed by atoms with Crippen molar-refractivity contribution < 1.29 is 13.9 Å². The van der Waals surface area contributed by atoms with E-state index in [1.807, 2.05) is 13.8 Å². The molecule has 2 rings (SSSR count). The van der Waals surface area contributed by atoms with Crippen LogP contribution >= 0.6 is 0 Å². The van der Waals surface area contributed by atoms with E-state index in [0.29, 0.717) is 22.3 Å². The highest BCUT2D eigenvalue weighted by molar-refractivity contribution is 6.08. The van der Waals surface area contributed by atoms with Gasteiger partial charge < -0.3 is 9.15 Å². The van der Waals surface area contributed by atoms with Gasteiger partial charge in [-0.25, -0.2) is 4.79 Å². The summed E-state index contributed by atoms with van der Waals surface area (Å²) in [5, 5.41) is 0.686. The molecular weight excluding hydrogens is 244 g/mol. The molecule has 0 amide bonds. The van der Waals surface area contributed by atoms with Gasteiger partial charge in [-0.3, -0.25) is 4.79 Å². The Hall–Kier alpha value is -2.36. The predicted molar refractivity (Wildman–Crippen MR) is 72.8 cm³/mol. The fourth-order valence-electron chi connectivity index (χ4n) is 1.80. The average Bonchev–Trinajstić information content (AvgIpc) is 2.36. The van der Waals surface area contributed by atoms with Crippen LogP contribution in [0, 0.1) is 0 Å². The molecule has 0 unspecified atom stereocenters. The second kappa shape index (κ2) is 5.10. The van der Waals surface area contributed by atoms with Crippen molar-refractivity contribution in [3.8, 4) is 5.75 Å². The summed E-state index contributed by atoms with van der Waals surface area (Å²) in [5.74, 6) is 0.259. The summed E-state index contributed by atoms with van der Waals surface area (Å²) >= 11 is 0. The molecule has 4 nitrogen and oxygen atoms in total. The Morgan fingerprint density at radius 3 is 2.63 bits per heavy atom. The highest BCUT2D eigenvalue weighted by Gasteiger charge is 2.13. The minimum Gasteiger partial charge on any atom is -0.496 e. The lowest BCUT2D eigenvalue weighted by molar-refractivity contribution is 0.104. The second-order valence-electron chi connectivity index (χ2n) is 4.43. The normalized spacial score (nSPS) is 10.3. The van der Waals surface area contributed by atoms with E-state index in [1.54, 1.807) is 24.3 Å². The zero-order valence-electron chi connectivity index (χ0n) is 11.0. The summed E-state index contributed by atoms with van der Waals surface area (Å²) in [6.07, 6.45) is 1.54. The Bertz CT molecular complexity index is 718. The first-order chi connectivity index (χ1) is 9.01. The van der Waals surface area contributed by atoms with Crippen LogP contribution in [0.15, 0.2) is 45.1 Å². The molecule has 2 aromatic rings. The number of hydrogen-bond acceptors (Lipinski definition) is 4. The van der Waals surface area contributed by atoms with Crippen LogP contribution in [0.1, 0.15) is 24.2 Å². The molecule has 0 bridgehead atoms. The number of ether oxygens (including phenoxy) is 1. The number of benzene rings is 1. The summed E-state index contributed by atoms with van der Waals surface area (Å²) in [4.78, 5) is 23.3. The molecule has 0 N–H and O–H groups in total. The van der Waals surface area contributed by atoms with Crippen LogP contribution in [0.2, 0.25) is 0 Å². The van der Waals surface area contributed by atoms with Gasteiger partial charge in [0.2, 0.25) is 0 Å². The molecule has 0 spiro atoms. The molecule has 1 aromatic carbocycles. The monoisotopic (exact) mass is 258 g/mol.